The van der Waals surface area contributed by atoms with Gasteiger partial charge in [-0.05, 0) is 13.8 Å². The van der Waals surface area contributed by atoms with Gasteiger partial charge in [-0.2, -0.15) is 5.10 Å². The van der Waals surface area contributed by atoms with Crippen LogP contribution in [0.15, 0.2) is 6.20 Å². The van der Waals surface area contributed by atoms with E-state index < -0.39 is 0 Å². The molecule has 0 bridgehead atoms. The molecule has 15 heavy (non-hydrogen) atoms. The molecule has 2 amide bonds. The van der Waals surface area contributed by atoms with E-state index in [0.29, 0.717) is 13.1 Å². The van der Waals surface area contributed by atoms with Crippen molar-refractivity contribution in [3.8, 4) is 0 Å². The number of rotatable bonds is 3. The van der Waals surface area contributed by atoms with Crippen molar-refractivity contribution in [3.63, 3.8) is 0 Å². The van der Waals surface area contributed by atoms with Crippen molar-refractivity contribution < 1.29 is 4.79 Å². The molecular formula is C10H18N4O. The third-order valence-corrected chi connectivity index (χ3v) is 2.37. The zero-order valence-electron chi connectivity index (χ0n) is 9.74. The zero-order valence-corrected chi connectivity index (χ0v) is 9.74. The van der Waals surface area contributed by atoms with Crippen molar-refractivity contribution in [1.29, 1.82) is 0 Å². The summed E-state index contributed by atoms with van der Waals surface area (Å²) in [4.78, 5) is 13.1. The second kappa shape index (κ2) is 4.82. The average molecular weight is 210 g/mol. The molecule has 0 saturated heterocycles. The fraction of sp³-hybridized carbons (Fsp3) is 0.600. The van der Waals surface area contributed by atoms with Crippen LogP contribution in [-0.4, -0.2) is 34.3 Å². The molecular weight excluding hydrogens is 192 g/mol. The Bertz CT molecular complexity index is 345. The molecule has 0 aliphatic heterocycles. The number of urea groups is 1. The first-order chi connectivity index (χ1) is 7.04. The molecule has 0 spiro atoms. The van der Waals surface area contributed by atoms with Gasteiger partial charge in [0.1, 0.15) is 0 Å². The number of nitrogens with one attached hydrogen (secondary N) is 1. The van der Waals surface area contributed by atoms with Crippen LogP contribution in [0, 0.1) is 6.92 Å². The molecule has 0 saturated carbocycles. The number of hydrogen-bond donors (Lipinski definition) is 1. The van der Waals surface area contributed by atoms with E-state index in [9.17, 15) is 4.79 Å². The Balaban J connectivity index is 2.50. The minimum absolute atomic E-state index is 0.0549. The molecule has 0 atom stereocenters. The summed E-state index contributed by atoms with van der Waals surface area (Å²) >= 11 is 0. The number of aromatic nitrogens is 2. The summed E-state index contributed by atoms with van der Waals surface area (Å²) in [5, 5.41) is 7.04. The molecule has 0 aromatic carbocycles. The summed E-state index contributed by atoms with van der Waals surface area (Å²) in [5.74, 6) is 0. The maximum Gasteiger partial charge on any atom is 0.317 e. The summed E-state index contributed by atoms with van der Waals surface area (Å²) in [6.07, 6.45) is 1.92. The van der Waals surface area contributed by atoms with E-state index in [-0.39, 0.29) is 6.03 Å². The Labute approximate surface area is 90.1 Å². The molecule has 5 nitrogen and oxygen atoms in total. The van der Waals surface area contributed by atoms with Gasteiger partial charge in [0, 0.05) is 38.9 Å². The van der Waals surface area contributed by atoms with Crippen LogP contribution in [0.2, 0.25) is 0 Å². The van der Waals surface area contributed by atoms with Crippen LogP contribution in [0.1, 0.15) is 18.2 Å². The molecule has 0 radical (unpaired) electrons. The van der Waals surface area contributed by atoms with E-state index >= 15 is 0 Å². The lowest BCUT2D eigenvalue weighted by Crippen LogP contribution is -2.36. The summed E-state index contributed by atoms with van der Waals surface area (Å²) in [7, 11) is 3.64. The second-order valence-electron chi connectivity index (χ2n) is 3.59. The maximum absolute atomic E-state index is 11.5. The minimum atomic E-state index is -0.0549. The number of amides is 2. The van der Waals surface area contributed by atoms with Crippen LogP contribution in [0.25, 0.3) is 0 Å². The summed E-state index contributed by atoms with van der Waals surface area (Å²) in [6.45, 7) is 5.11. The molecule has 5 heteroatoms. The highest BCUT2D eigenvalue weighted by molar-refractivity contribution is 5.73. The van der Waals surface area contributed by atoms with Crippen LogP contribution in [0.5, 0.6) is 0 Å². The highest BCUT2D eigenvalue weighted by Crippen LogP contribution is 2.03. The fourth-order valence-electron chi connectivity index (χ4n) is 1.27. The van der Waals surface area contributed by atoms with Crippen LogP contribution in [-0.2, 0) is 13.6 Å². The topological polar surface area (TPSA) is 50.2 Å². The lowest BCUT2D eigenvalue weighted by molar-refractivity contribution is 0.210. The van der Waals surface area contributed by atoms with Crippen LogP contribution >= 0.6 is 0 Å². The van der Waals surface area contributed by atoms with Crippen molar-refractivity contribution >= 4 is 6.03 Å². The third kappa shape index (κ3) is 2.97. The summed E-state index contributed by atoms with van der Waals surface area (Å²) in [5.41, 5.74) is 2.01. The standard InChI is InChI=1S/C10H18N4O/c1-5-13(3)10(15)11-6-9-7-14(4)12-8(9)2/h7H,5-6H2,1-4H3,(H,11,15). The Morgan fingerprint density at radius 2 is 2.33 bits per heavy atom. The highest BCUT2D eigenvalue weighted by Gasteiger charge is 2.07. The van der Waals surface area contributed by atoms with Gasteiger partial charge in [-0.3, -0.25) is 4.68 Å². The first-order valence-electron chi connectivity index (χ1n) is 5.02. The predicted octanol–water partition coefficient (Wildman–Crippen LogP) is 0.890. The lowest BCUT2D eigenvalue weighted by Gasteiger charge is -2.15. The van der Waals surface area contributed by atoms with E-state index in [4.69, 9.17) is 0 Å². The molecule has 1 N–H and O–H groups in total. The van der Waals surface area contributed by atoms with E-state index in [1.165, 1.54) is 0 Å². The van der Waals surface area contributed by atoms with E-state index in [0.717, 1.165) is 11.3 Å². The Morgan fingerprint density at radius 1 is 1.67 bits per heavy atom. The van der Waals surface area contributed by atoms with E-state index in [1.807, 2.05) is 27.1 Å². The lowest BCUT2D eigenvalue weighted by atomic mass is 10.3. The van der Waals surface area contributed by atoms with Gasteiger partial charge in [-0.15, -0.1) is 0 Å². The Hall–Kier alpha value is -1.52. The van der Waals surface area contributed by atoms with Crippen molar-refractivity contribution in [3.05, 3.63) is 17.5 Å². The number of carbonyl (C=O) groups is 1. The molecule has 0 unspecified atom stereocenters. The predicted molar refractivity (Wildman–Crippen MR) is 58.5 cm³/mol. The summed E-state index contributed by atoms with van der Waals surface area (Å²) in [6, 6.07) is -0.0549. The smallest absolute Gasteiger partial charge is 0.317 e. The molecule has 1 aromatic heterocycles. The van der Waals surface area contributed by atoms with Gasteiger partial charge >= 0.3 is 6.03 Å². The van der Waals surface area contributed by atoms with Gasteiger partial charge in [-0.1, -0.05) is 0 Å². The highest BCUT2D eigenvalue weighted by atomic mass is 16.2. The number of aryl methyl sites for hydroxylation is 2. The van der Waals surface area contributed by atoms with Gasteiger partial charge in [-0.25, -0.2) is 4.79 Å². The summed E-state index contributed by atoms with van der Waals surface area (Å²) < 4.78 is 1.75. The van der Waals surface area contributed by atoms with Crippen molar-refractivity contribution in [2.24, 2.45) is 7.05 Å². The minimum Gasteiger partial charge on any atom is -0.334 e. The van der Waals surface area contributed by atoms with Crippen molar-refractivity contribution in [2.45, 2.75) is 20.4 Å². The van der Waals surface area contributed by atoms with E-state index in [1.54, 1.807) is 16.6 Å². The van der Waals surface area contributed by atoms with Crippen LogP contribution in [0.3, 0.4) is 0 Å². The molecule has 0 aliphatic carbocycles. The van der Waals surface area contributed by atoms with Crippen LogP contribution < -0.4 is 5.32 Å². The van der Waals surface area contributed by atoms with Gasteiger partial charge in [0.25, 0.3) is 0 Å². The molecule has 84 valence electrons. The fourth-order valence-corrected chi connectivity index (χ4v) is 1.27. The first kappa shape index (κ1) is 11.6. The van der Waals surface area contributed by atoms with Gasteiger partial charge in [0.15, 0.2) is 0 Å². The maximum atomic E-state index is 11.5. The van der Waals surface area contributed by atoms with Crippen molar-refractivity contribution in [2.75, 3.05) is 13.6 Å². The largest absolute Gasteiger partial charge is 0.334 e. The SMILES string of the molecule is CCN(C)C(=O)NCc1cn(C)nc1C. The van der Waals surface area contributed by atoms with Crippen molar-refractivity contribution in [1.82, 2.24) is 20.0 Å². The molecule has 1 aromatic rings. The van der Waals surface area contributed by atoms with Crippen LogP contribution in [0.4, 0.5) is 4.79 Å². The molecule has 0 aliphatic rings. The molecule has 1 heterocycles. The second-order valence-corrected chi connectivity index (χ2v) is 3.59. The first-order valence-corrected chi connectivity index (χ1v) is 5.02. The number of hydrogen-bond acceptors (Lipinski definition) is 2. The van der Waals surface area contributed by atoms with E-state index in [2.05, 4.69) is 10.4 Å². The zero-order chi connectivity index (χ0) is 11.4. The molecule has 0 fully saturated rings. The Morgan fingerprint density at radius 3 is 2.80 bits per heavy atom. The van der Waals surface area contributed by atoms with Gasteiger partial charge < -0.3 is 10.2 Å². The average Bonchev–Trinajstić information content (AvgIpc) is 2.52. The van der Waals surface area contributed by atoms with Gasteiger partial charge in [0.2, 0.25) is 0 Å². The monoisotopic (exact) mass is 210 g/mol. The normalized spacial score (nSPS) is 10.1. The Kier molecular flexibility index (Phi) is 3.71. The number of carbonyl (C=O) groups excluding carboxylic acids is 1. The number of nitrogens with zero attached hydrogens (tertiary/aromatic N) is 3. The van der Waals surface area contributed by atoms with Gasteiger partial charge in [0.05, 0.1) is 5.69 Å². The molecule has 1 rings (SSSR count). The quantitative estimate of drug-likeness (QED) is 0.805. The third-order valence-electron chi connectivity index (χ3n) is 2.37.